The molecule has 0 aliphatic carbocycles. The van der Waals surface area contributed by atoms with Crippen LogP contribution in [0.4, 0.5) is 8.78 Å². The highest BCUT2D eigenvalue weighted by molar-refractivity contribution is 9.10. The molecule has 0 fully saturated rings. The lowest BCUT2D eigenvalue weighted by molar-refractivity contribution is 0.570. The number of benzene rings is 2. The highest BCUT2D eigenvalue weighted by Crippen LogP contribution is 2.31. The number of hydrogen-bond donors (Lipinski definition) is 1. The lowest BCUT2D eigenvalue weighted by Crippen LogP contribution is -2.15. The second-order valence-corrected chi connectivity index (χ2v) is 5.56. The van der Waals surface area contributed by atoms with Gasteiger partial charge in [-0.2, -0.15) is 0 Å². The molecule has 100 valence electrons. The van der Waals surface area contributed by atoms with Crippen molar-refractivity contribution in [3.8, 4) is 0 Å². The lowest BCUT2D eigenvalue weighted by atomic mass is 9.98. The Morgan fingerprint density at radius 1 is 1.11 bits per heavy atom. The highest BCUT2D eigenvalue weighted by Gasteiger charge is 2.18. The van der Waals surface area contributed by atoms with Crippen LogP contribution in [-0.4, -0.2) is 0 Å². The normalized spacial score (nSPS) is 12.5. The minimum absolute atomic E-state index is 0.117. The van der Waals surface area contributed by atoms with Gasteiger partial charge in [0, 0.05) is 15.1 Å². The Morgan fingerprint density at radius 3 is 2.42 bits per heavy atom. The van der Waals surface area contributed by atoms with Gasteiger partial charge < -0.3 is 5.73 Å². The van der Waals surface area contributed by atoms with E-state index in [0.29, 0.717) is 15.1 Å². The van der Waals surface area contributed by atoms with Gasteiger partial charge in [-0.3, -0.25) is 0 Å². The summed E-state index contributed by atoms with van der Waals surface area (Å²) in [6, 6.07) is 6.53. The molecular weight excluding hydrogens is 336 g/mol. The molecule has 1 atom stereocenters. The van der Waals surface area contributed by atoms with Crippen LogP contribution >= 0.6 is 27.5 Å². The molecule has 0 radical (unpaired) electrons. The van der Waals surface area contributed by atoms with Gasteiger partial charge in [0.2, 0.25) is 0 Å². The average molecular weight is 347 g/mol. The summed E-state index contributed by atoms with van der Waals surface area (Å²) in [5, 5.41) is 0.540. The molecule has 5 heteroatoms. The van der Waals surface area contributed by atoms with E-state index in [0.717, 1.165) is 12.1 Å². The first-order valence-corrected chi connectivity index (χ1v) is 6.73. The zero-order valence-electron chi connectivity index (χ0n) is 10.1. The molecule has 2 N–H and O–H groups in total. The van der Waals surface area contributed by atoms with Gasteiger partial charge >= 0.3 is 0 Å². The SMILES string of the molecule is Cc1cc(F)c(C(N)c2ccc(Cl)cc2Br)cc1F. The number of aryl methyl sites for hydroxylation is 1. The molecule has 0 heterocycles. The van der Waals surface area contributed by atoms with E-state index in [-0.39, 0.29) is 11.1 Å². The minimum atomic E-state index is -0.762. The van der Waals surface area contributed by atoms with E-state index in [1.807, 2.05) is 0 Å². The monoisotopic (exact) mass is 345 g/mol. The summed E-state index contributed by atoms with van der Waals surface area (Å²) in [6.07, 6.45) is 0. The number of rotatable bonds is 2. The second kappa shape index (κ2) is 5.57. The molecule has 0 aliphatic heterocycles. The first kappa shape index (κ1) is 14.4. The zero-order valence-corrected chi connectivity index (χ0v) is 12.4. The van der Waals surface area contributed by atoms with Crippen molar-refractivity contribution < 1.29 is 8.78 Å². The first-order valence-electron chi connectivity index (χ1n) is 5.56. The van der Waals surface area contributed by atoms with Gasteiger partial charge in [0.25, 0.3) is 0 Å². The summed E-state index contributed by atoms with van der Waals surface area (Å²) in [5.74, 6) is -0.995. The van der Waals surface area contributed by atoms with E-state index >= 15 is 0 Å². The van der Waals surface area contributed by atoms with Crippen LogP contribution in [-0.2, 0) is 0 Å². The van der Waals surface area contributed by atoms with E-state index in [9.17, 15) is 8.78 Å². The summed E-state index contributed by atoms with van der Waals surface area (Å²) in [7, 11) is 0. The van der Waals surface area contributed by atoms with Crippen LogP contribution in [0, 0.1) is 18.6 Å². The van der Waals surface area contributed by atoms with Gasteiger partial charge in [0.15, 0.2) is 0 Å². The quantitative estimate of drug-likeness (QED) is 0.835. The molecule has 0 bridgehead atoms. The van der Waals surface area contributed by atoms with E-state index in [1.54, 1.807) is 18.2 Å². The number of nitrogens with two attached hydrogens (primary N) is 1. The van der Waals surface area contributed by atoms with Crippen LogP contribution in [0.15, 0.2) is 34.8 Å². The van der Waals surface area contributed by atoms with Crippen molar-refractivity contribution in [2.24, 2.45) is 5.73 Å². The Kier molecular flexibility index (Phi) is 4.23. The Morgan fingerprint density at radius 2 is 1.79 bits per heavy atom. The minimum Gasteiger partial charge on any atom is -0.320 e. The largest absolute Gasteiger partial charge is 0.320 e. The number of halogens is 4. The molecule has 2 aromatic rings. The van der Waals surface area contributed by atoms with Crippen LogP contribution in [0.2, 0.25) is 5.02 Å². The number of hydrogen-bond acceptors (Lipinski definition) is 1. The first-order chi connectivity index (χ1) is 8.90. The molecule has 0 saturated heterocycles. The van der Waals surface area contributed by atoms with Crippen LogP contribution in [0.1, 0.15) is 22.7 Å². The van der Waals surface area contributed by atoms with Crippen molar-refractivity contribution in [3.05, 3.63) is 68.2 Å². The van der Waals surface area contributed by atoms with Gasteiger partial charge in [-0.1, -0.05) is 33.6 Å². The molecule has 0 aliphatic rings. The maximum Gasteiger partial charge on any atom is 0.128 e. The summed E-state index contributed by atoms with van der Waals surface area (Å²) in [6.45, 7) is 1.51. The predicted molar refractivity (Wildman–Crippen MR) is 76.3 cm³/mol. The molecule has 0 amide bonds. The summed E-state index contributed by atoms with van der Waals surface area (Å²) < 4.78 is 28.1. The van der Waals surface area contributed by atoms with Crippen molar-refractivity contribution in [2.75, 3.05) is 0 Å². The maximum atomic E-state index is 13.9. The van der Waals surface area contributed by atoms with E-state index in [2.05, 4.69) is 15.9 Å². The van der Waals surface area contributed by atoms with Crippen molar-refractivity contribution in [1.29, 1.82) is 0 Å². The molecule has 19 heavy (non-hydrogen) atoms. The molecular formula is C14H11BrClF2N. The highest BCUT2D eigenvalue weighted by atomic mass is 79.9. The molecule has 2 aromatic carbocycles. The van der Waals surface area contributed by atoms with Crippen molar-refractivity contribution in [1.82, 2.24) is 0 Å². The molecule has 0 spiro atoms. The smallest absolute Gasteiger partial charge is 0.128 e. The fourth-order valence-electron chi connectivity index (χ4n) is 1.82. The van der Waals surface area contributed by atoms with Crippen LogP contribution in [0.5, 0.6) is 0 Å². The zero-order chi connectivity index (χ0) is 14.2. The predicted octanol–water partition coefficient (Wildman–Crippen LogP) is 4.74. The Bertz CT molecular complexity index is 631. The van der Waals surface area contributed by atoms with E-state index in [1.165, 1.54) is 6.92 Å². The Labute approximate surface area is 123 Å². The van der Waals surface area contributed by atoms with Gasteiger partial charge in [-0.15, -0.1) is 0 Å². The van der Waals surface area contributed by atoms with Gasteiger partial charge in [-0.05, 0) is 42.3 Å². The molecule has 1 nitrogen and oxygen atoms in total. The fraction of sp³-hybridized carbons (Fsp3) is 0.143. The standard InChI is InChI=1S/C14H11BrClF2N/c1-7-4-13(18)10(6-12(7)17)14(19)9-3-2-8(16)5-11(9)15/h2-6,14H,19H2,1H3. The fourth-order valence-corrected chi connectivity index (χ4v) is 2.75. The van der Waals surface area contributed by atoms with Crippen LogP contribution in [0.3, 0.4) is 0 Å². The van der Waals surface area contributed by atoms with Crippen LogP contribution < -0.4 is 5.73 Å². The van der Waals surface area contributed by atoms with Crippen molar-refractivity contribution in [3.63, 3.8) is 0 Å². The average Bonchev–Trinajstić information content (AvgIpc) is 2.33. The van der Waals surface area contributed by atoms with Crippen molar-refractivity contribution in [2.45, 2.75) is 13.0 Å². The Hall–Kier alpha value is -0.970. The molecule has 2 rings (SSSR count). The maximum absolute atomic E-state index is 13.9. The molecule has 0 aromatic heterocycles. The Balaban J connectivity index is 2.49. The van der Waals surface area contributed by atoms with E-state index < -0.39 is 17.7 Å². The third-order valence-electron chi connectivity index (χ3n) is 2.91. The summed E-state index contributed by atoms with van der Waals surface area (Å²) in [4.78, 5) is 0. The summed E-state index contributed by atoms with van der Waals surface area (Å²) in [5.41, 5.74) is 7.02. The lowest BCUT2D eigenvalue weighted by Gasteiger charge is -2.16. The van der Waals surface area contributed by atoms with Crippen molar-refractivity contribution >= 4 is 27.5 Å². The topological polar surface area (TPSA) is 26.0 Å². The third-order valence-corrected chi connectivity index (χ3v) is 3.83. The molecule has 1 unspecified atom stereocenters. The second-order valence-electron chi connectivity index (χ2n) is 4.27. The van der Waals surface area contributed by atoms with Gasteiger partial charge in [0.1, 0.15) is 11.6 Å². The van der Waals surface area contributed by atoms with Gasteiger partial charge in [-0.25, -0.2) is 8.78 Å². The van der Waals surface area contributed by atoms with Gasteiger partial charge in [0.05, 0.1) is 6.04 Å². The van der Waals surface area contributed by atoms with Crippen LogP contribution in [0.25, 0.3) is 0 Å². The van der Waals surface area contributed by atoms with E-state index in [4.69, 9.17) is 17.3 Å². The third kappa shape index (κ3) is 2.96. The summed E-state index contributed by atoms with van der Waals surface area (Å²) >= 11 is 9.16. The molecule has 0 saturated carbocycles.